The Morgan fingerprint density at radius 2 is 0.825 bits per heavy atom. The number of carbonyl (C=O) groups is 3. The van der Waals surface area contributed by atoms with E-state index in [9.17, 15) is 19.5 Å². The number of unbranched alkanes of at least 4 members (excludes halogenated alkanes) is 18. The Bertz CT molecular complexity index is 1270. The standard InChI is InChI=1S/C48H73NO8/c1-3-5-7-9-11-13-15-17-19-21-37-54-44-29-23-42(24-30-44)27-33-47(52)56-39-35-49(41-46(50)51)36-40-57-48(53)34-28-43-25-31-45(32-26-43)55-38-22-20-18-16-14-12-10-8-6-4-2/h23-34H,3-22,35-41H2,1-2H3,(H,50,51). The fourth-order valence-electron chi connectivity index (χ4n) is 6.35. The number of carboxylic acid groups (broad SMARTS) is 1. The van der Waals surface area contributed by atoms with Crippen LogP contribution in [0.1, 0.15) is 153 Å². The lowest BCUT2D eigenvalue weighted by Crippen LogP contribution is -2.36. The van der Waals surface area contributed by atoms with Gasteiger partial charge < -0.3 is 24.1 Å². The molecular weight excluding hydrogens is 719 g/mol. The van der Waals surface area contributed by atoms with E-state index in [2.05, 4.69) is 13.8 Å². The molecule has 0 aromatic heterocycles. The highest BCUT2D eigenvalue weighted by molar-refractivity contribution is 5.87. The van der Waals surface area contributed by atoms with Gasteiger partial charge in [0.2, 0.25) is 0 Å². The third-order valence-electron chi connectivity index (χ3n) is 9.78. The molecule has 0 bridgehead atoms. The zero-order chi connectivity index (χ0) is 41.0. The monoisotopic (exact) mass is 792 g/mol. The van der Waals surface area contributed by atoms with Gasteiger partial charge in [-0.15, -0.1) is 0 Å². The lowest BCUT2D eigenvalue weighted by atomic mass is 10.1. The molecule has 0 aliphatic heterocycles. The Labute approximate surface area is 344 Å². The minimum Gasteiger partial charge on any atom is -0.494 e. The Balaban J connectivity index is 1.57. The molecule has 0 spiro atoms. The van der Waals surface area contributed by atoms with Gasteiger partial charge in [0.1, 0.15) is 24.7 Å². The molecule has 2 aromatic carbocycles. The Kier molecular flexibility index (Phi) is 29.2. The molecule has 0 saturated carbocycles. The van der Waals surface area contributed by atoms with Gasteiger partial charge in [0.25, 0.3) is 0 Å². The van der Waals surface area contributed by atoms with Gasteiger partial charge in [0.15, 0.2) is 0 Å². The van der Waals surface area contributed by atoms with Gasteiger partial charge in [0, 0.05) is 25.2 Å². The maximum absolute atomic E-state index is 12.3. The summed E-state index contributed by atoms with van der Waals surface area (Å²) in [6.07, 6.45) is 31.7. The Hall–Kier alpha value is -4.11. The van der Waals surface area contributed by atoms with Gasteiger partial charge in [-0.05, 0) is 60.4 Å². The summed E-state index contributed by atoms with van der Waals surface area (Å²) in [5, 5.41) is 9.32. The summed E-state index contributed by atoms with van der Waals surface area (Å²) in [4.78, 5) is 37.5. The van der Waals surface area contributed by atoms with Gasteiger partial charge in [-0.1, -0.05) is 154 Å². The van der Waals surface area contributed by atoms with Crippen LogP contribution in [0.25, 0.3) is 12.2 Å². The highest BCUT2D eigenvalue weighted by atomic mass is 16.5. The zero-order valence-electron chi connectivity index (χ0n) is 35.3. The van der Waals surface area contributed by atoms with Crippen LogP contribution in [0.3, 0.4) is 0 Å². The summed E-state index contributed by atoms with van der Waals surface area (Å²) in [6, 6.07) is 15.1. The van der Waals surface area contributed by atoms with Crippen LogP contribution in [0.15, 0.2) is 60.7 Å². The molecule has 1 N–H and O–H groups in total. The summed E-state index contributed by atoms with van der Waals surface area (Å²) < 4.78 is 22.3. The van der Waals surface area contributed by atoms with Gasteiger partial charge >= 0.3 is 17.9 Å². The van der Waals surface area contributed by atoms with Crippen LogP contribution < -0.4 is 9.47 Å². The maximum atomic E-state index is 12.3. The third kappa shape index (κ3) is 28.0. The molecule has 0 radical (unpaired) electrons. The summed E-state index contributed by atoms with van der Waals surface area (Å²) in [7, 11) is 0. The largest absolute Gasteiger partial charge is 0.494 e. The van der Waals surface area contributed by atoms with Crippen molar-refractivity contribution in [2.75, 3.05) is 46.1 Å². The van der Waals surface area contributed by atoms with Crippen LogP contribution in [-0.4, -0.2) is 74.0 Å². The van der Waals surface area contributed by atoms with E-state index < -0.39 is 17.9 Å². The fourth-order valence-corrected chi connectivity index (χ4v) is 6.35. The minimum absolute atomic E-state index is 0.00496. The molecule has 0 aliphatic carbocycles. The molecule has 0 saturated heterocycles. The first-order chi connectivity index (χ1) is 27.9. The van der Waals surface area contributed by atoms with Crippen molar-refractivity contribution in [1.82, 2.24) is 4.90 Å². The van der Waals surface area contributed by atoms with E-state index >= 15 is 0 Å². The van der Waals surface area contributed by atoms with Crippen molar-refractivity contribution in [2.45, 2.75) is 142 Å². The molecule has 0 fully saturated rings. The first kappa shape index (κ1) is 49.0. The van der Waals surface area contributed by atoms with Gasteiger partial charge in [-0.25, -0.2) is 9.59 Å². The molecular formula is C48H73NO8. The maximum Gasteiger partial charge on any atom is 0.330 e. The number of nitrogens with zero attached hydrogens (tertiary/aromatic N) is 1. The van der Waals surface area contributed by atoms with Crippen molar-refractivity contribution < 1.29 is 38.4 Å². The van der Waals surface area contributed by atoms with Gasteiger partial charge in [0.05, 0.1) is 19.8 Å². The summed E-state index contributed by atoms with van der Waals surface area (Å²) in [6.45, 7) is 5.96. The molecule has 0 heterocycles. The molecule has 0 unspecified atom stereocenters. The van der Waals surface area contributed by atoms with Crippen molar-refractivity contribution in [3.63, 3.8) is 0 Å². The van der Waals surface area contributed by atoms with E-state index in [0.29, 0.717) is 13.2 Å². The molecule has 2 aromatic rings. The van der Waals surface area contributed by atoms with Crippen molar-refractivity contribution >= 4 is 30.1 Å². The van der Waals surface area contributed by atoms with E-state index in [1.807, 2.05) is 48.5 Å². The number of ether oxygens (including phenoxy) is 4. The van der Waals surface area contributed by atoms with Gasteiger partial charge in [-0.3, -0.25) is 9.69 Å². The van der Waals surface area contributed by atoms with Crippen molar-refractivity contribution in [1.29, 1.82) is 0 Å². The highest BCUT2D eigenvalue weighted by Crippen LogP contribution is 2.17. The molecule has 318 valence electrons. The van der Waals surface area contributed by atoms with Crippen LogP contribution in [0.4, 0.5) is 0 Å². The number of carboxylic acids is 1. The fraction of sp³-hybridized carbons (Fsp3) is 0.604. The predicted octanol–water partition coefficient (Wildman–Crippen LogP) is 11.5. The van der Waals surface area contributed by atoms with E-state index in [-0.39, 0.29) is 32.8 Å². The molecule has 0 atom stereocenters. The zero-order valence-corrected chi connectivity index (χ0v) is 35.3. The lowest BCUT2D eigenvalue weighted by molar-refractivity contribution is -0.140. The van der Waals surface area contributed by atoms with Crippen LogP contribution in [0.2, 0.25) is 0 Å². The van der Waals surface area contributed by atoms with Crippen molar-refractivity contribution in [3.05, 3.63) is 71.8 Å². The number of hydrogen-bond donors (Lipinski definition) is 1. The highest BCUT2D eigenvalue weighted by Gasteiger charge is 2.11. The minimum atomic E-state index is -1.03. The SMILES string of the molecule is CCCCCCCCCCCCOc1ccc(C=CC(=O)OCCN(CCOC(=O)C=Cc2ccc(OCCCCCCCCCCCC)cc2)CC(=O)O)cc1. The number of hydrogen-bond acceptors (Lipinski definition) is 8. The van der Waals surface area contributed by atoms with E-state index in [0.717, 1.165) is 35.5 Å². The Morgan fingerprint density at radius 3 is 1.16 bits per heavy atom. The quantitative estimate of drug-likeness (QED) is 0.0409. The van der Waals surface area contributed by atoms with Crippen molar-refractivity contribution in [3.8, 4) is 11.5 Å². The molecule has 0 amide bonds. The number of benzene rings is 2. The van der Waals surface area contributed by atoms with Gasteiger partial charge in [-0.2, -0.15) is 0 Å². The average molecular weight is 792 g/mol. The van der Waals surface area contributed by atoms with E-state index in [1.165, 1.54) is 128 Å². The van der Waals surface area contributed by atoms with Crippen LogP contribution in [-0.2, 0) is 23.9 Å². The number of aliphatic carboxylic acids is 1. The molecule has 0 aliphatic rings. The van der Waals surface area contributed by atoms with Crippen LogP contribution >= 0.6 is 0 Å². The summed E-state index contributed by atoms with van der Waals surface area (Å²) in [5.74, 6) is -0.486. The second-order valence-electron chi connectivity index (χ2n) is 14.9. The second-order valence-corrected chi connectivity index (χ2v) is 14.9. The van der Waals surface area contributed by atoms with Crippen LogP contribution in [0.5, 0.6) is 11.5 Å². The summed E-state index contributed by atoms with van der Waals surface area (Å²) >= 11 is 0. The number of carbonyl (C=O) groups excluding carboxylic acids is 2. The Morgan fingerprint density at radius 1 is 0.491 bits per heavy atom. The third-order valence-corrected chi connectivity index (χ3v) is 9.78. The van der Waals surface area contributed by atoms with E-state index in [4.69, 9.17) is 18.9 Å². The summed E-state index contributed by atoms with van der Waals surface area (Å²) in [5.41, 5.74) is 1.67. The number of rotatable bonds is 36. The lowest BCUT2D eigenvalue weighted by Gasteiger charge is -2.19. The normalized spacial score (nSPS) is 11.4. The molecule has 9 nitrogen and oxygen atoms in total. The van der Waals surface area contributed by atoms with Crippen molar-refractivity contribution in [2.24, 2.45) is 0 Å². The topological polar surface area (TPSA) is 112 Å². The van der Waals surface area contributed by atoms with Crippen LogP contribution in [0, 0.1) is 0 Å². The second kappa shape index (κ2) is 34.0. The first-order valence-electron chi connectivity index (χ1n) is 22.0. The number of esters is 2. The average Bonchev–Trinajstić information content (AvgIpc) is 3.21. The molecule has 57 heavy (non-hydrogen) atoms. The smallest absolute Gasteiger partial charge is 0.330 e. The molecule has 2 rings (SSSR count). The van der Waals surface area contributed by atoms with E-state index in [1.54, 1.807) is 17.1 Å². The predicted molar refractivity (Wildman–Crippen MR) is 232 cm³/mol. The molecule has 9 heteroatoms. The first-order valence-corrected chi connectivity index (χ1v) is 22.0.